The Labute approximate surface area is 153 Å². The number of anilines is 1. The van der Waals surface area contributed by atoms with Gasteiger partial charge in [0.1, 0.15) is 0 Å². The van der Waals surface area contributed by atoms with Crippen LogP contribution >= 0.6 is 90.7 Å². The van der Waals surface area contributed by atoms with Gasteiger partial charge in [0.2, 0.25) is 9.47 Å². The molecule has 0 aliphatic carbocycles. The first-order valence-electron chi connectivity index (χ1n) is 4.42. The van der Waals surface area contributed by atoms with Gasteiger partial charge in [-0.1, -0.05) is 11.3 Å². The van der Waals surface area contributed by atoms with Crippen molar-refractivity contribution >= 4 is 102 Å². The van der Waals surface area contributed by atoms with Gasteiger partial charge in [0.05, 0.1) is 5.69 Å². The summed E-state index contributed by atoms with van der Waals surface area (Å²) >= 11 is 13.3. The van der Waals surface area contributed by atoms with Gasteiger partial charge in [-0.05, 0) is 91.5 Å². The van der Waals surface area contributed by atoms with E-state index < -0.39 is 0 Å². The fraction of sp³-hybridized carbons (Fsp3) is 0. The van der Waals surface area contributed by atoms with Gasteiger partial charge in [0.25, 0.3) is 5.91 Å². The summed E-state index contributed by atoms with van der Waals surface area (Å²) in [6.45, 7) is 0. The molecule has 0 saturated heterocycles. The number of rotatable bonds is 2. The zero-order valence-corrected chi connectivity index (χ0v) is 16.4. The summed E-state index contributed by atoms with van der Waals surface area (Å²) in [5.74, 6) is -0.295. The molecule has 4 nitrogen and oxygen atoms in total. The second-order valence-electron chi connectivity index (χ2n) is 3.06. The van der Waals surface area contributed by atoms with Crippen LogP contribution in [0.2, 0.25) is 4.47 Å². The summed E-state index contributed by atoms with van der Waals surface area (Å²) in [6, 6.07) is 3.98. The van der Waals surface area contributed by atoms with Crippen molar-refractivity contribution in [2.24, 2.45) is 0 Å². The lowest BCUT2D eigenvalue weighted by Crippen LogP contribution is -2.13. The van der Waals surface area contributed by atoms with Gasteiger partial charge in [-0.3, -0.25) is 4.79 Å². The molecule has 0 saturated carbocycles. The molecule has 0 fully saturated rings. The van der Waals surface area contributed by atoms with Crippen LogP contribution in [0.3, 0.4) is 0 Å². The number of carbonyl (C=O) groups excluding carboxylic acids is 1. The predicted octanol–water partition coefficient (Wildman–Crippen LogP) is 4.26. The highest BCUT2D eigenvalue weighted by Crippen LogP contribution is 2.28. The topological polar surface area (TPSA) is 54.9 Å². The van der Waals surface area contributed by atoms with Gasteiger partial charge in [-0.2, -0.15) is 0 Å². The van der Waals surface area contributed by atoms with Gasteiger partial charge in [-0.25, -0.2) is 0 Å². The quantitative estimate of drug-likeness (QED) is 0.513. The Hall–Kier alpha value is 0.730. The fourth-order valence-electron chi connectivity index (χ4n) is 1.13. The Morgan fingerprint density at radius 1 is 1.22 bits per heavy atom. The molecule has 1 aromatic heterocycles. The molecular formula is C9H3ClI3N3OS. The standard InChI is InChI=1S/C9H3ClI3N3OS/c10-9-16-15-8(18-9)7(17)14-6-4(12)1-3(11)2-5(6)13/h1-2H,(H,14,17). The van der Waals surface area contributed by atoms with Crippen LogP contribution in [0, 0.1) is 10.7 Å². The number of amides is 1. The Bertz CT molecular complexity index is 596. The number of benzene rings is 1. The molecule has 1 heterocycles. The molecule has 9 heteroatoms. The SMILES string of the molecule is O=C(Nc1c(I)cc(I)cc1I)c1nnc(Cl)s1. The molecule has 1 aromatic carbocycles. The summed E-state index contributed by atoms with van der Waals surface area (Å²) in [5, 5.41) is 10.4. The first kappa shape index (κ1) is 15.1. The highest BCUT2D eigenvalue weighted by Gasteiger charge is 2.15. The van der Waals surface area contributed by atoms with Crippen molar-refractivity contribution in [1.82, 2.24) is 10.2 Å². The Balaban J connectivity index is 2.27. The van der Waals surface area contributed by atoms with E-state index in [0.29, 0.717) is 0 Å². The third-order valence-corrected chi connectivity index (χ3v) is 5.18. The van der Waals surface area contributed by atoms with Crippen molar-refractivity contribution in [2.75, 3.05) is 5.32 Å². The molecule has 0 spiro atoms. The number of nitrogens with zero attached hydrogens (tertiary/aromatic N) is 2. The first-order valence-corrected chi connectivity index (χ1v) is 8.85. The van der Waals surface area contributed by atoms with Crippen molar-refractivity contribution in [3.05, 3.63) is 32.3 Å². The normalized spacial score (nSPS) is 10.4. The molecule has 0 radical (unpaired) electrons. The summed E-state index contributed by atoms with van der Waals surface area (Å²) in [4.78, 5) is 11.9. The smallest absolute Gasteiger partial charge is 0.286 e. The molecule has 94 valence electrons. The van der Waals surface area contributed by atoms with Crippen molar-refractivity contribution in [3.8, 4) is 0 Å². The minimum Gasteiger partial charge on any atom is -0.318 e. The van der Waals surface area contributed by atoms with Crippen LogP contribution in [0.5, 0.6) is 0 Å². The fourth-order valence-corrected chi connectivity index (χ4v) is 5.70. The van der Waals surface area contributed by atoms with E-state index in [1.165, 1.54) is 0 Å². The maximum atomic E-state index is 11.9. The Morgan fingerprint density at radius 3 is 2.33 bits per heavy atom. The average molecular weight is 617 g/mol. The summed E-state index contributed by atoms with van der Waals surface area (Å²) < 4.78 is 3.34. The molecule has 2 rings (SSSR count). The zero-order valence-electron chi connectivity index (χ0n) is 8.38. The van der Waals surface area contributed by atoms with Crippen molar-refractivity contribution in [2.45, 2.75) is 0 Å². The van der Waals surface area contributed by atoms with Gasteiger partial charge in [0, 0.05) is 10.7 Å². The minimum atomic E-state index is -0.295. The molecule has 1 amide bonds. The molecule has 0 atom stereocenters. The number of carbonyl (C=O) groups is 1. The van der Waals surface area contributed by atoms with Crippen molar-refractivity contribution in [1.29, 1.82) is 0 Å². The van der Waals surface area contributed by atoms with Crippen LogP contribution < -0.4 is 5.32 Å². The monoisotopic (exact) mass is 617 g/mol. The van der Waals surface area contributed by atoms with Crippen molar-refractivity contribution in [3.63, 3.8) is 0 Å². The summed E-state index contributed by atoms with van der Waals surface area (Å²) in [7, 11) is 0. The molecule has 0 bridgehead atoms. The van der Waals surface area contributed by atoms with Crippen LogP contribution in [0.25, 0.3) is 0 Å². The Morgan fingerprint density at radius 2 is 1.83 bits per heavy atom. The largest absolute Gasteiger partial charge is 0.318 e. The molecule has 18 heavy (non-hydrogen) atoms. The van der Waals surface area contributed by atoms with Crippen LogP contribution in [-0.4, -0.2) is 16.1 Å². The number of halogens is 4. The number of nitrogens with one attached hydrogen (secondary N) is 1. The van der Waals surface area contributed by atoms with Crippen LogP contribution in [0.4, 0.5) is 5.69 Å². The lowest BCUT2D eigenvalue weighted by Gasteiger charge is -2.08. The van der Waals surface area contributed by atoms with Gasteiger partial charge in [-0.15, -0.1) is 10.2 Å². The van der Waals surface area contributed by atoms with E-state index in [1.54, 1.807) is 0 Å². The number of hydrogen-bond acceptors (Lipinski definition) is 4. The third-order valence-electron chi connectivity index (χ3n) is 1.84. The van der Waals surface area contributed by atoms with Gasteiger partial charge >= 0.3 is 0 Å². The number of aromatic nitrogens is 2. The second kappa shape index (κ2) is 6.45. The average Bonchev–Trinajstić information content (AvgIpc) is 2.70. The number of hydrogen-bond donors (Lipinski definition) is 1. The molecule has 0 aliphatic rings. The minimum absolute atomic E-state index is 0.255. The predicted molar refractivity (Wildman–Crippen MR) is 97.5 cm³/mol. The van der Waals surface area contributed by atoms with E-state index in [1.807, 2.05) is 12.1 Å². The second-order valence-corrected chi connectivity index (χ2v) is 8.19. The molecule has 0 unspecified atom stereocenters. The van der Waals surface area contributed by atoms with Crippen LogP contribution in [-0.2, 0) is 0 Å². The van der Waals surface area contributed by atoms with E-state index in [0.717, 1.165) is 27.7 Å². The van der Waals surface area contributed by atoms with Gasteiger partial charge < -0.3 is 5.32 Å². The summed E-state index contributed by atoms with van der Waals surface area (Å²) in [5.41, 5.74) is 0.785. The first-order chi connectivity index (χ1) is 8.47. The zero-order chi connectivity index (χ0) is 13.3. The summed E-state index contributed by atoms with van der Waals surface area (Å²) in [6.07, 6.45) is 0. The van der Waals surface area contributed by atoms with E-state index >= 15 is 0 Å². The maximum absolute atomic E-state index is 11.9. The van der Waals surface area contributed by atoms with E-state index in [-0.39, 0.29) is 15.4 Å². The highest BCUT2D eigenvalue weighted by atomic mass is 127. The maximum Gasteiger partial charge on any atom is 0.286 e. The van der Waals surface area contributed by atoms with E-state index in [4.69, 9.17) is 11.6 Å². The van der Waals surface area contributed by atoms with E-state index in [2.05, 4.69) is 83.3 Å². The highest BCUT2D eigenvalue weighted by molar-refractivity contribution is 14.1. The third kappa shape index (κ3) is 3.64. The molecule has 1 N–H and O–H groups in total. The molecular weight excluding hydrogens is 614 g/mol. The lowest BCUT2D eigenvalue weighted by molar-refractivity contribution is 0.102. The molecule has 0 aliphatic heterocycles. The van der Waals surface area contributed by atoms with E-state index in [9.17, 15) is 4.79 Å². The Kier molecular flexibility index (Phi) is 5.42. The van der Waals surface area contributed by atoms with Gasteiger partial charge in [0.15, 0.2) is 0 Å². The van der Waals surface area contributed by atoms with Crippen molar-refractivity contribution < 1.29 is 4.79 Å². The van der Waals surface area contributed by atoms with Crippen LogP contribution in [0.1, 0.15) is 9.80 Å². The molecule has 2 aromatic rings. The van der Waals surface area contributed by atoms with Crippen LogP contribution in [0.15, 0.2) is 12.1 Å². The lowest BCUT2D eigenvalue weighted by atomic mass is 10.3.